The fraction of sp³-hybridized carbons (Fsp3) is 0. The Morgan fingerprint density at radius 1 is 0.814 bits per heavy atom. The zero-order valence-electron chi connectivity index (χ0n) is 22.0. The molecule has 0 spiro atoms. The topological polar surface area (TPSA) is 260 Å². The van der Waals surface area contributed by atoms with E-state index in [-0.39, 0.29) is 76.1 Å². The normalized spacial score (nSPS) is 14.4. The van der Waals surface area contributed by atoms with Crippen LogP contribution in [0.25, 0.3) is 11.8 Å². The van der Waals surface area contributed by atoms with Gasteiger partial charge in [0.05, 0.1) is 32.3 Å². The zero-order chi connectivity index (χ0) is 30.3. The molecule has 1 aliphatic rings. The van der Waals surface area contributed by atoms with Gasteiger partial charge in [-0.2, -0.15) is 19.9 Å². The fourth-order valence-corrected chi connectivity index (χ4v) is 4.50. The number of aliphatic carboxylic acids is 1. The minimum atomic E-state index is -4.78. The van der Waals surface area contributed by atoms with Crippen LogP contribution in [0.4, 0.5) is 5.69 Å². The summed E-state index contributed by atoms with van der Waals surface area (Å²) in [5.74, 6) is -4.87. The Morgan fingerprint density at radius 3 is 1.74 bits per heavy atom. The van der Waals surface area contributed by atoms with Gasteiger partial charge >= 0.3 is 71.1 Å². The molecular weight excluding hydrogens is 634 g/mol. The molecule has 0 saturated heterocycles. The van der Waals surface area contributed by atoms with Crippen molar-refractivity contribution >= 4 is 55.6 Å². The van der Waals surface area contributed by atoms with Gasteiger partial charge in [0.25, 0.3) is 5.91 Å². The molecule has 4 rings (SSSR count). The van der Waals surface area contributed by atoms with Crippen LogP contribution in [0.5, 0.6) is 5.88 Å². The van der Waals surface area contributed by atoms with Gasteiger partial charge in [-0.25, -0.2) is 26.4 Å². The van der Waals surface area contributed by atoms with Gasteiger partial charge in [-0.3, -0.25) is 4.79 Å². The average molecular weight is 648 g/mol. The summed E-state index contributed by atoms with van der Waals surface area (Å²) in [6.45, 7) is 0. The number of aromatic carboxylic acids is 1. The summed E-state index contributed by atoms with van der Waals surface area (Å²) in [5, 5.41) is 37.8. The summed E-state index contributed by atoms with van der Waals surface area (Å²) in [7, 11) is -9.54. The second-order valence-corrected chi connectivity index (χ2v) is 10.8. The molecule has 0 unspecified atom stereocenters. The first-order valence-electron chi connectivity index (χ1n) is 10.8. The molecule has 1 aromatic heterocycles. The van der Waals surface area contributed by atoms with Gasteiger partial charge in [-0.15, -0.1) is 0 Å². The number of carbonyl (C=O) groups excluding carboxylic acids is 1. The van der Waals surface area contributed by atoms with Crippen molar-refractivity contribution in [2.75, 3.05) is 5.01 Å². The van der Waals surface area contributed by atoms with Crippen LogP contribution in [0.15, 0.2) is 81.1 Å². The maximum absolute atomic E-state index is 12.9. The molecule has 1 amide bonds. The van der Waals surface area contributed by atoms with E-state index in [1.54, 1.807) is 0 Å². The summed E-state index contributed by atoms with van der Waals surface area (Å²) >= 11 is 0. The Bertz CT molecular complexity index is 1920. The first kappa shape index (κ1) is 36.0. The molecule has 1 aliphatic heterocycles. The second-order valence-electron chi connectivity index (χ2n) is 8.01. The molecule has 16 nitrogen and oxygen atoms in total. The second kappa shape index (κ2) is 13.6. The van der Waals surface area contributed by atoms with Gasteiger partial charge in [0.1, 0.15) is 20.2 Å². The molecule has 0 atom stereocenters. The van der Waals surface area contributed by atoms with Crippen LogP contribution < -0.4 is 64.1 Å². The molecule has 3 aromatic rings. The fourth-order valence-electron chi connectivity index (χ4n) is 3.56. The summed E-state index contributed by atoms with van der Waals surface area (Å²) in [6.07, 6.45) is 3.03. The Hall–Kier alpha value is -3.17. The number of hydrogen-bond donors (Lipinski definition) is 3. The van der Waals surface area contributed by atoms with E-state index < -0.39 is 70.7 Å². The van der Waals surface area contributed by atoms with Crippen LogP contribution in [0.2, 0.25) is 0 Å². The van der Waals surface area contributed by atoms with Crippen LogP contribution in [-0.4, -0.2) is 74.6 Å². The molecule has 2 heterocycles. The monoisotopic (exact) mass is 648 g/mol. The van der Waals surface area contributed by atoms with Crippen molar-refractivity contribution in [2.45, 2.75) is 9.79 Å². The number of aromatic nitrogens is 2. The van der Waals surface area contributed by atoms with Crippen molar-refractivity contribution in [3.63, 3.8) is 0 Å². The number of benzene rings is 2. The van der Waals surface area contributed by atoms with Gasteiger partial charge in [-0.05, 0) is 60.7 Å². The van der Waals surface area contributed by atoms with Crippen molar-refractivity contribution in [3.05, 3.63) is 77.5 Å². The summed E-state index contributed by atoms with van der Waals surface area (Å²) < 4.78 is 67.5. The predicted molar refractivity (Wildman–Crippen MR) is 134 cm³/mol. The standard InChI is InChI=1S/C23H16N4O12S2.2Na/c28-20-16(18(22(30)31)24-26(20)12-4-8-14(9-5-12)40(34,35)36)2-1-3-17-19(23(32)33)25-27(21(17)29)13-6-10-15(11-7-13)41(37,38)39;;/h1-11,28H,(H,30,31)(H,32,33)(H,34,35,36)(H,37,38,39);;/q;2*+1/p-2/b2-1+,17-3+;;. The molecule has 212 valence electrons. The van der Waals surface area contributed by atoms with Crippen molar-refractivity contribution in [1.82, 2.24) is 9.78 Å². The zero-order valence-corrected chi connectivity index (χ0v) is 27.6. The third-order valence-electron chi connectivity index (χ3n) is 5.45. The number of carbonyl (C=O) groups is 3. The molecule has 20 heteroatoms. The molecule has 0 radical (unpaired) electrons. The number of aromatic hydroxyl groups is 1. The van der Waals surface area contributed by atoms with Crippen molar-refractivity contribution in [1.29, 1.82) is 0 Å². The van der Waals surface area contributed by atoms with E-state index >= 15 is 0 Å². The summed E-state index contributed by atoms with van der Waals surface area (Å²) in [4.78, 5) is 35.2. The molecule has 0 bridgehead atoms. The van der Waals surface area contributed by atoms with Crippen LogP contribution in [0, 0.1) is 0 Å². The van der Waals surface area contributed by atoms with Gasteiger partial charge in [-0.1, -0.05) is 6.08 Å². The largest absolute Gasteiger partial charge is 1.00 e. The molecule has 3 N–H and O–H groups in total. The van der Waals surface area contributed by atoms with Crippen LogP contribution >= 0.6 is 0 Å². The number of hydrazone groups is 1. The maximum atomic E-state index is 12.9. The predicted octanol–water partition coefficient (Wildman–Crippen LogP) is -5.48. The van der Waals surface area contributed by atoms with E-state index in [2.05, 4.69) is 10.2 Å². The number of hydrogen-bond acceptors (Lipinski definition) is 12. The molecule has 0 saturated carbocycles. The van der Waals surface area contributed by atoms with E-state index in [0.29, 0.717) is 5.01 Å². The summed E-state index contributed by atoms with van der Waals surface area (Å²) in [5.41, 5.74) is -2.29. The van der Waals surface area contributed by atoms with Crippen molar-refractivity contribution in [3.8, 4) is 11.6 Å². The Labute approximate surface area is 286 Å². The van der Waals surface area contributed by atoms with Crippen LogP contribution in [0.3, 0.4) is 0 Å². The maximum Gasteiger partial charge on any atom is 1.00 e. The van der Waals surface area contributed by atoms with Gasteiger partial charge in [0, 0.05) is 0 Å². The van der Waals surface area contributed by atoms with Crippen molar-refractivity contribution < 1.29 is 115 Å². The quantitative estimate of drug-likeness (QED) is 0.117. The molecule has 43 heavy (non-hydrogen) atoms. The van der Waals surface area contributed by atoms with Crippen LogP contribution in [-0.2, 0) is 29.8 Å². The third-order valence-corrected chi connectivity index (χ3v) is 7.14. The molecule has 2 aromatic carbocycles. The number of nitrogens with zero attached hydrogens (tertiary/aromatic N) is 4. The number of carboxylic acids is 2. The number of amides is 1. The number of rotatable bonds is 8. The van der Waals surface area contributed by atoms with E-state index in [4.69, 9.17) is 0 Å². The molecule has 0 fully saturated rings. The van der Waals surface area contributed by atoms with E-state index in [1.165, 1.54) is 0 Å². The van der Waals surface area contributed by atoms with Crippen molar-refractivity contribution in [2.24, 2.45) is 5.10 Å². The molecular formula is C23H14N4Na2O12S2. The number of anilines is 1. The summed E-state index contributed by atoms with van der Waals surface area (Å²) in [6, 6.07) is 7.99. The number of carboxylic acid groups (broad SMARTS) is 2. The van der Waals surface area contributed by atoms with E-state index in [0.717, 1.165) is 71.4 Å². The first-order valence-corrected chi connectivity index (χ1v) is 13.6. The van der Waals surface area contributed by atoms with Crippen LogP contribution in [0.1, 0.15) is 16.1 Å². The SMILES string of the molecule is O=C(O)C1=NN(c2ccc(S(=O)(=O)[O-])cc2)C(=O)/C1=C/C=C/c1c(C(=O)O)nn(-c2ccc(S(=O)(=O)[O-])cc2)c1O.[Na+].[Na+]. The van der Waals surface area contributed by atoms with E-state index in [1.807, 2.05) is 0 Å². The Morgan fingerprint density at radius 2 is 1.30 bits per heavy atom. The Balaban J connectivity index is 0.00000323. The van der Waals surface area contributed by atoms with Gasteiger partial charge in [0.15, 0.2) is 11.4 Å². The van der Waals surface area contributed by atoms with Gasteiger partial charge in [0.2, 0.25) is 5.88 Å². The Kier molecular flexibility index (Phi) is 11.4. The smallest absolute Gasteiger partial charge is 0.744 e. The third kappa shape index (κ3) is 7.68. The average Bonchev–Trinajstić information content (AvgIpc) is 3.40. The number of allylic oxidation sites excluding steroid dienone is 2. The first-order chi connectivity index (χ1) is 19.1. The minimum Gasteiger partial charge on any atom is -0.744 e. The van der Waals surface area contributed by atoms with E-state index in [9.17, 15) is 55.6 Å². The van der Waals surface area contributed by atoms with Gasteiger partial charge < -0.3 is 24.4 Å². The molecule has 0 aliphatic carbocycles. The minimum absolute atomic E-state index is 0.